The molecule has 0 aliphatic carbocycles. The summed E-state index contributed by atoms with van der Waals surface area (Å²) in [7, 11) is 0. The summed E-state index contributed by atoms with van der Waals surface area (Å²) in [5.74, 6) is 1.49. The van der Waals surface area contributed by atoms with Crippen LogP contribution in [0.15, 0.2) is 30.3 Å². The third-order valence-electron chi connectivity index (χ3n) is 5.16. The van der Waals surface area contributed by atoms with Gasteiger partial charge in [-0.05, 0) is 54.7 Å². The summed E-state index contributed by atoms with van der Waals surface area (Å²) in [6.07, 6.45) is 3.12. The van der Waals surface area contributed by atoms with Crippen molar-refractivity contribution in [3.8, 4) is 11.5 Å². The van der Waals surface area contributed by atoms with Crippen molar-refractivity contribution >= 4 is 29.0 Å². The van der Waals surface area contributed by atoms with Gasteiger partial charge in [0.05, 0.1) is 5.69 Å². The van der Waals surface area contributed by atoms with E-state index >= 15 is 0 Å². The molecule has 0 saturated heterocycles. The molecular weight excluding hydrogens is 346 g/mol. The average Bonchev–Trinajstić information content (AvgIpc) is 3.12. The molecule has 0 saturated carbocycles. The van der Waals surface area contributed by atoms with E-state index in [1.54, 1.807) is 18.2 Å². The van der Waals surface area contributed by atoms with Crippen LogP contribution < -0.4 is 25.0 Å². The molecule has 3 amide bonds. The summed E-state index contributed by atoms with van der Waals surface area (Å²) in [6, 6.07) is 8.91. The molecule has 0 atom stereocenters. The first-order valence-corrected chi connectivity index (χ1v) is 9.11. The number of nitrogens with one attached hydrogen (secondary N) is 2. The van der Waals surface area contributed by atoms with E-state index in [0.29, 0.717) is 23.6 Å². The van der Waals surface area contributed by atoms with Crippen molar-refractivity contribution < 1.29 is 19.1 Å². The highest BCUT2D eigenvalue weighted by Gasteiger charge is 2.29. The van der Waals surface area contributed by atoms with Crippen molar-refractivity contribution in [2.45, 2.75) is 25.7 Å². The van der Waals surface area contributed by atoms with Crippen LogP contribution in [0, 0.1) is 0 Å². The van der Waals surface area contributed by atoms with Crippen LogP contribution in [0.4, 0.5) is 21.9 Å². The first-order chi connectivity index (χ1) is 13.2. The first-order valence-electron chi connectivity index (χ1n) is 9.11. The molecule has 0 spiro atoms. The molecule has 0 unspecified atom stereocenters. The highest BCUT2D eigenvalue weighted by Crippen LogP contribution is 2.38. The molecule has 3 aliphatic rings. The molecule has 5 rings (SSSR count). The summed E-state index contributed by atoms with van der Waals surface area (Å²) in [5.41, 5.74) is 4.70. The number of fused-ring (bicyclic) bond motifs is 1. The van der Waals surface area contributed by atoms with E-state index in [0.717, 1.165) is 48.3 Å². The van der Waals surface area contributed by atoms with Gasteiger partial charge in [0.2, 0.25) is 12.7 Å². The van der Waals surface area contributed by atoms with Gasteiger partial charge in [0.25, 0.3) is 0 Å². The third kappa shape index (κ3) is 2.85. The highest BCUT2D eigenvalue weighted by atomic mass is 16.7. The number of nitrogens with zero attached hydrogens (tertiary/aromatic N) is 1. The van der Waals surface area contributed by atoms with E-state index in [9.17, 15) is 9.59 Å². The van der Waals surface area contributed by atoms with Crippen LogP contribution in [0.5, 0.6) is 11.5 Å². The molecule has 2 N–H and O–H groups in total. The lowest BCUT2D eigenvalue weighted by Gasteiger charge is -2.35. The van der Waals surface area contributed by atoms with Crippen LogP contribution in [0.25, 0.3) is 0 Å². The largest absolute Gasteiger partial charge is 0.454 e. The monoisotopic (exact) mass is 365 g/mol. The van der Waals surface area contributed by atoms with E-state index in [1.165, 1.54) is 0 Å². The molecule has 3 aliphatic heterocycles. The fourth-order valence-corrected chi connectivity index (χ4v) is 3.99. The number of benzene rings is 2. The van der Waals surface area contributed by atoms with Gasteiger partial charge in [-0.25, -0.2) is 4.79 Å². The Labute approximate surface area is 156 Å². The van der Waals surface area contributed by atoms with Gasteiger partial charge < -0.3 is 25.0 Å². The van der Waals surface area contributed by atoms with Crippen LogP contribution in [-0.2, 0) is 17.6 Å². The summed E-state index contributed by atoms with van der Waals surface area (Å²) in [5, 5.41) is 5.72. The van der Waals surface area contributed by atoms with Gasteiger partial charge in [0, 0.05) is 30.4 Å². The number of carbonyl (C=O) groups excluding carboxylic acids is 2. The molecule has 3 heterocycles. The SMILES string of the molecule is O=C(Nc1cc2c3c(c1)CCC(=O)N3CCC2)Nc1ccc2c(c1)OCO2. The number of anilines is 3. The number of hydrogen-bond acceptors (Lipinski definition) is 4. The van der Waals surface area contributed by atoms with E-state index in [2.05, 4.69) is 10.6 Å². The summed E-state index contributed by atoms with van der Waals surface area (Å²) >= 11 is 0. The smallest absolute Gasteiger partial charge is 0.323 e. The third-order valence-corrected chi connectivity index (χ3v) is 5.16. The quantitative estimate of drug-likeness (QED) is 0.856. The zero-order valence-electron chi connectivity index (χ0n) is 14.7. The number of hydrogen-bond donors (Lipinski definition) is 2. The van der Waals surface area contributed by atoms with Gasteiger partial charge in [0.1, 0.15) is 0 Å². The van der Waals surface area contributed by atoms with Crippen LogP contribution in [0.1, 0.15) is 24.0 Å². The van der Waals surface area contributed by atoms with E-state index in [4.69, 9.17) is 9.47 Å². The van der Waals surface area contributed by atoms with Crippen LogP contribution in [0.3, 0.4) is 0 Å². The second-order valence-electron chi connectivity index (χ2n) is 6.94. The van der Waals surface area contributed by atoms with Crippen molar-refractivity contribution in [2.24, 2.45) is 0 Å². The normalized spacial score (nSPS) is 16.7. The maximum Gasteiger partial charge on any atom is 0.323 e. The van der Waals surface area contributed by atoms with Crippen LogP contribution >= 0.6 is 0 Å². The van der Waals surface area contributed by atoms with Gasteiger partial charge >= 0.3 is 6.03 Å². The molecular formula is C20H19N3O4. The lowest BCUT2D eigenvalue weighted by molar-refractivity contribution is -0.119. The topological polar surface area (TPSA) is 79.9 Å². The second-order valence-corrected chi connectivity index (χ2v) is 6.94. The second kappa shape index (κ2) is 6.19. The zero-order valence-corrected chi connectivity index (χ0v) is 14.7. The van der Waals surface area contributed by atoms with Gasteiger partial charge in [0.15, 0.2) is 11.5 Å². The highest BCUT2D eigenvalue weighted by molar-refractivity contribution is 6.02. The fraction of sp³-hybridized carbons (Fsp3) is 0.300. The van der Waals surface area contributed by atoms with Crippen LogP contribution in [-0.4, -0.2) is 25.3 Å². The van der Waals surface area contributed by atoms with Crippen molar-refractivity contribution in [3.05, 3.63) is 41.5 Å². The minimum absolute atomic E-state index is 0.197. The van der Waals surface area contributed by atoms with Crippen molar-refractivity contribution in [1.82, 2.24) is 0 Å². The molecule has 2 aromatic carbocycles. The van der Waals surface area contributed by atoms with E-state index in [1.807, 2.05) is 17.0 Å². The number of ether oxygens (including phenoxy) is 2. The summed E-state index contributed by atoms with van der Waals surface area (Å²) < 4.78 is 10.6. The van der Waals surface area contributed by atoms with Crippen LogP contribution in [0.2, 0.25) is 0 Å². The Hall–Kier alpha value is -3.22. The molecule has 2 aromatic rings. The van der Waals surface area contributed by atoms with Crippen molar-refractivity contribution in [3.63, 3.8) is 0 Å². The van der Waals surface area contributed by atoms with Crippen molar-refractivity contribution in [2.75, 3.05) is 28.9 Å². The van der Waals surface area contributed by atoms with E-state index < -0.39 is 0 Å². The Kier molecular flexibility index (Phi) is 3.67. The number of amides is 3. The molecule has 0 fully saturated rings. The van der Waals surface area contributed by atoms with Gasteiger partial charge in [-0.1, -0.05) is 0 Å². The number of carbonyl (C=O) groups is 2. The minimum Gasteiger partial charge on any atom is -0.454 e. The molecule has 0 aromatic heterocycles. The van der Waals surface area contributed by atoms with Gasteiger partial charge in [-0.3, -0.25) is 4.79 Å². The summed E-state index contributed by atoms with van der Waals surface area (Å²) in [4.78, 5) is 26.5. The number of rotatable bonds is 2. The Morgan fingerprint density at radius 2 is 1.70 bits per heavy atom. The first kappa shape index (κ1) is 16.0. The van der Waals surface area contributed by atoms with Gasteiger partial charge in [-0.2, -0.15) is 0 Å². The predicted octanol–water partition coefficient (Wildman–Crippen LogP) is 3.28. The molecule has 138 valence electrons. The molecule has 7 nitrogen and oxygen atoms in total. The Bertz CT molecular complexity index is 939. The number of aryl methyl sites for hydroxylation is 2. The lowest BCUT2D eigenvalue weighted by Crippen LogP contribution is -2.39. The molecule has 27 heavy (non-hydrogen) atoms. The molecule has 0 radical (unpaired) electrons. The Balaban J connectivity index is 1.35. The maximum atomic E-state index is 12.4. The summed E-state index contributed by atoms with van der Waals surface area (Å²) in [6.45, 7) is 0.985. The molecule has 7 heteroatoms. The fourth-order valence-electron chi connectivity index (χ4n) is 3.99. The van der Waals surface area contributed by atoms with E-state index in [-0.39, 0.29) is 18.7 Å². The maximum absolute atomic E-state index is 12.4. The number of urea groups is 1. The molecule has 0 bridgehead atoms. The lowest BCUT2D eigenvalue weighted by atomic mass is 9.91. The minimum atomic E-state index is -0.319. The average molecular weight is 365 g/mol. The Morgan fingerprint density at radius 3 is 2.59 bits per heavy atom. The predicted molar refractivity (Wildman–Crippen MR) is 101 cm³/mol. The zero-order chi connectivity index (χ0) is 18.4. The van der Waals surface area contributed by atoms with Gasteiger partial charge in [-0.15, -0.1) is 0 Å². The standard InChI is InChI=1S/C20H19N3O4/c24-18-6-3-13-9-15(8-12-2-1-7-23(18)19(12)13)22-20(25)21-14-4-5-16-17(10-14)27-11-26-16/h4-5,8-10H,1-3,6-7,11H2,(H2,21,22,25). The Morgan fingerprint density at radius 1 is 0.926 bits per heavy atom. The van der Waals surface area contributed by atoms with Crippen molar-refractivity contribution in [1.29, 1.82) is 0 Å².